The molecule has 1 aromatic rings. The van der Waals surface area contributed by atoms with Gasteiger partial charge in [0.15, 0.2) is 0 Å². The molecule has 2 N–H and O–H groups in total. The Kier molecular flexibility index (Phi) is 5.12. The number of fused-ring (bicyclic) bond motifs is 2. The highest BCUT2D eigenvalue weighted by Crippen LogP contribution is 2.42. The number of benzene rings is 1. The van der Waals surface area contributed by atoms with Gasteiger partial charge in [0, 0.05) is 25.0 Å². The maximum atomic E-state index is 13.4. The van der Waals surface area contributed by atoms with E-state index in [4.69, 9.17) is 5.73 Å². The molecule has 3 aliphatic carbocycles. The fourth-order valence-electron chi connectivity index (χ4n) is 5.27. The lowest BCUT2D eigenvalue weighted by atomic mass is 9.65. The van der Waals surface area contributed by atoms with Crippen molar-refractivity contribution in [3.8, 4) is 0 Å². The Bertz CT molecular complexity index is 569. The molecule has 3 aliphatic rings. The highest BCUT2D eigenvalue weighted by Gasteiger charge is 2.41. The van der Waals surface area contributed by atoms with Gasteiger partial charge in [-0.1, -0.05) is 43.2 Å². The van der Waals surface area contributed by atoms with E-state index >= 15 is 0 Å². The van der Waals surface area contributed by atoms with Gasteiger partial charge in [-0.2, -0.15) is 0 Å². The van der Waals surface area contributed by atoms with Crippen molar-refractivity contribution in [1.29, 1.82) is 0 Å². The first kappa shape index (κ1) is 17.1. The molecule has 3 nitrogen and oxygen atoms in total. The second-order valence-electron chi connectivity index (χ2n) is 8.70. The van der Waals surface area contributed by atoms with E-state index in [-0.39, 0.29) is 5.92 Å². The zero-order valence-corrected chi connectivity index (χ0v) is 15.3. The van der Waals surface area contributed by atoms with Gasteiger partial charge in [0.05, 0.1) is 0 Å². The monoisotopic (exact) mass is 340 g/mol. The molecule has 2 atom stereocenters. The topological polar surface area (TPSA) is 46.3 Å². The van der Waals surface area contributed by atoms with E-state index < -0.39 is 0 Å². The summed E-state index contributed by atoms with van der Waals surface area (Å²) < 4.78 is 0. The first-order valence-corrected chi connectivity index (χ1v) is 10.3. The van der Waals surface area contributed by atoms with Gasteiger partial charge in [0.2, 0.25) is 5.91 Å². The first-order chi connectivity index (χ1) is 12.2. The number of carbonyl (C=O) groups excluding carboxylic acids is 1. The molecule has 3 saturated carbocycles. The van der Waals surface area contributed by atoms with Gasteiger partial charge < -0.3 is 10.6 Å². The number of nitrogens with two attached hydrogens (primary N) is 1. The van der Waals surface area contributed by atoms with Gasteiger partial charge in [0.1, 0.15) is 0 Å². The van der Waals surface area contributed by atoms with Crippen LogP contribution in [0.25, 0.3) is 0 Å². The molecular formula is C22H32N2O. The van der Waals surface area contributed by atoms with Crippen molar-refractivity contribution in [2.75, 3.05) is 6.54 Å². The van der Waals surface area contributed by atoms with Gasteiger partial charge in [-0.3, -0.25) is 4.79 Å². The van der Waals surface area contributed by atoms with E-state index in [2.05, 4.69) is 29.2 Å². The highest BCUT2D eigenvalue weighted by molar-refractivity contribution is 5.79. The molecule has 0 heterocycles. The largest absolute Gasteiger partial charge is 0.338 e. The molecule has 0 saturated heterocycles. The molecule has 1 amide bonds. The van der Waals surface area contributed by atoms with Crippen LogP contribution in [0.15, 0.2) is 30.3 Å². The molecule has 3 fully saturated rings. The second kappa shape index (κ2) is 7.49. The van der Waals surface area contributed by atoms with Gasteiger partial charge in [-0.25, -0.2) is 0 Å². The Morgan fingerprint density at radius 3 is 2.24 bits per heavy atom. The van der Waals surface area contributed by atoms with Crippen molar-refractivity contribution >= 4 is 5.91 Å². The number of rotatable bonds is 5. The molecule has 2 unspecified atom stereocenters. The molecule has 0 radical (unpaired) electrons. The number of hydrogen-bond acceptors (Lipinski definition) is 2. The summed E-state index contributed by atoms with van der Waals surface area (Å²) in [5.41, 5.74) is 7.69. The summed E-state index contributed by atoms with van der Waals surface area (Å²) in [6.07, 6.45) is 9.71. The quantitative estimate of drug-likeness (QED) is 0.881. The van der Waals surface area contributed by atoms with Crippen LogP contribution in [0.3, 0.4) is 0 Å². The number of amides is 1. The summed E-state index contributed by atoms with van der Waals surface area (Å²) in [5, 5.41) is 0. The number of hydrogen-bond donors (Lipinski definition) is 1. The first-order valence-electron chi connectivity index (χ1n) is 10.3. The lowest BCUT2D eigenvalue weighted by molar-refractivity contribution is -0.140. The van der Waals surface area contributed by atoms with Gasteiger partial charge in [0.25, 0.3) is 0 Å². The van der Waals surface area contributed by atoms with Crippen LogP contribution in [0.5, 0.6) is 0 Å². The Labute approximate surface area is 152 Å². The number of carbonyl (C=O) groups is 1. The third-order valence-corrected chi connectivity index (χ3v) is 6.99. The summed E-state index contributed by atoms with van der Waals surface area (Å²) in [6.45, 7) is 1.72. The van der Waals surface area contributed by atoms with Crippen LogP contribution in [-0.4, -0.2) is 23.4 Å². The molecular weight excluding hydrogens is 308 g/mol. The highest BCUT2D eigenvalue weighted by atomic mass is 16.2. The van der Waals surface area contributed by atoms with Crippen LogP contribution >= 0.6 is 0 Å². The van der Waals surface area contributed by atoms with Crippen molar-refractivity contribution in [2.24, 2.45) is 29.4 Å². The molecule has 136 valence electrons. The van der Waals surface area contributed by atoms with Crippen LogP contribution in [0.1, 0.15) is 56.9 Å². The summed E-state index contributed by atoms with van der Waals surface area (Å²) in [7, 11) is 0. The van der Waals surface area contributed by atoms with E-state index in [0.29, 0.717) is 23.8 Å². The standard InChI is InChI=1S/C22H32N2O/c23-21-18-10-5-11-19(21)13-20(12-18)22(25)24(15-17-8-4-9-17)14-16-6-2-1-3-7-16/h1-3,6-7,17-21H,4-5,8-15,23H2. The van der Waals surface area contributed by atoms with E-state index in [1.54, 1.807) is 0 Å². The lowest BCUT2D eigenvalue weighted by Crippen LogP contribution is -2.50. The minimum atomic E-state index is 0.207. The van der Waals surface area contributed by atoms with Crippen molar-refractivity contribution in [2.45, 2.75) is 64.0 Å². The van der Waals surface area contributed by atoms with Gasteiger partial charge >= 0.3 is 0 Å². The summed E-state index contributed by atoms with van der Waals surface area (Å²) in [5.74, 6) is 2.48. The fraction of sp³-hybridized carbons (Fsp3) is 0.682. The summed E-state index contributed by atoms with van der Waals surface area (Å²) >= 11 is 0. The fourth-order valence-corrected chi connectivity index (χ4v) is 5.27. The zero-order chi connectivity index (χ0) is 17.2. The van der Waals surface area contributed by atoms with E-state index in [1.165, 1.54) is 44.1 Å². The maximum Gasteiger partial charge on any atom is 0.226 e. The van der Waals surface area contributed by atoms with E-state index in [1.807, 2.05) is 6.07 Å². The van der Waals surface area contributed by atoms with Crippen LogP contribution in [0.4, 0.5) is 0 Å². The van der Waals surface area contributed by atoms with E-state index in [9.17, 15) is 4.79 Å². The Balaban J connectivity index is 1.46. The molecule has 0 spiro atoms. The predicted molar refractivity (Wildman–Crippen MR) is 101 cm³/mol. The Morgan fingerprint density at radius 1 is 1.00 bits per heavy atom. The van der Waals surface area contributed by atoms with Crippen LogP contribution in [0, 0.1) is 23.7 Å². The summed E-state index contributed by atoms with van der Waals surface area (Å²) in [4.78, 5) is 15.6. The molecule has 0 aromatic heterocycles. The maximum absolute atomic E-state index is 13.4. The molecule has 3 heteroatoms. The molecule has 4 rings (SSSR count). The molecule has 25 heavy (non-hydrogen) atoms. The third-order valence-electron chi connectivity index (χ3n) is 6.99. The van der Waals surface area contributed by atoms with Crippen molar-refractivity contribution < 1.29 is 4.79 Å². The van der Waals surface area contributed by atoms with Crippen LogP contribution < -0.4 is 5.73 Å². The minimum Gasteiger partial charge on any atom is -0.338 e. The van der Waals surface area contributed by atoms with Crippen molar-refractivity contribution in [3.05, 3.63) is 35.9 Å². The normalized spacial score (nSPS) is 32.0. The second-order valence-corrected chi connectivity index (χ2v) is 8.70. The van der Waals surface area contributed by atoms with Gasteiger partial charge in [-0.15, -0.1) is 0 Å². The smallest absolute Gasteiger partial charge is 0.226 e. The van der Waals surface area contributed by atoms with Gasteiger partial charge in [-0.05, 0) is 61.8 Å². The lowest BCUT2D eigenvalue weighted by Gasteiger charge is -2.45. The van der Waals surface area contributed by atoms with Crippen LogP contribution in [0.2, 0.25) is 0 Å². The predicted octanol–water partition coefficient (Wildman–Crippen LogP) is 3.97. The van der Waals surface area contributed by atoms with Crippen LogP contribution in [-0.2, 0) is 11.3 Å². The van der Waals surface area contributed by atoms with Crippen molar-refractivity contribution in [1.82, 2.24) is 4.90 Å². The molecule has 2 bridgehead atoms. The molecule has 1 aromatic carbocycles. The zero-order valence-electron chi connectivity index (χ0n) is 15.3. The van der Waals surface area contributed by atoms with E-state index in [0.717, 1.165) is 31.8 Å². The minimum absolute atomic E-state index is 0.207. The number of nitrogens with zero attached hydrogens (tertiary/aromatic N) is 1. The molecule has 0 aliphatic heterocycles. The Hall–Kier alpha value is -1.35. The summed E-state index contributed by atoms with van der Waals surface area (Å²) in [6, 6.07) is 10.8. The average molecular weight is 341 g/mol. The average Bonchev–Trinajstić information content (AvgIpc) is 2.57. The van der Waals surface area contributed by atoms with Crippen molar-refractivity contribution in [3.63, 3.8) is 0 Å². The third kappa shape index (κ3) is 3.76. The SMILES string of the molecule is NC1C2CCCC1CC(C(=O)N(Cc1ccccc1)CC1CCC1)C2. The Morgan fingerprint density at radius 2 is 1.64 bits per heavy atom.